The summed E-state index contributed by atoms with van der Waals surface area (Å²) in [5, 5.41) is 3.71. The van der Waals surface area contributed by atoms with Gasteiger partial charge in [-0.25, -0.2) is 4.98 Å². The molecule has 1 amide bonds. The minimum atomic E-state index is -0.383. The van der Waals surface area contributed by atoms with Gasteiger partial charge in [-0.05, 0) is 37.6 Å². The van der Waals surface area contributed by atoms with Gasteiger partial charge in [0.25, 0.3) is 5.56 Å². The Morgan fingerprint density at radius 3 is 2.59 bits per heavy atom. The summed E-state index contributed by atoms with van der Waals surface area (Å²) in [6.45, 7) is 4.51. The summed E-state index contributed by atoms with van der Waals surface area (Å²) in [5.41, 5.74) is 1.37. The number of nitrogens with zero attached hydrogens (tertiary/aromatic N) is 2. The van der Waals surface area contributed by atoms with Gasteiger partial charge in [0.05, 0.1) is 16.2 Å². The molecule has 140 valence electrons. The quantitative estimate of drug-likeness (QED) is 0.489. The lowest BCUT2D eigenvalue weighted by Crippen LogP contribution is -2.27. The molecule has 1 aromatic heterocycles. The van der Waals surface area contributed by atoms with Crippen molar-refractivity contribution in [2.45, 2.75) is 43.6 Å². The predicted octanol–water partition coefficient (Wildman–Crippen LogP) is 4.32. The summed E-state index contributed by atoms with van der Waals surface area (Å²) >= 11 is 1.32. The summed E-state index contributed by atoms with van der Waals surface area (Å²) < 4.78 is 1.70. The number of rotatable bonds is 7. The number of aromatic nitrogens is 2. The van der Waals surface area contributed by atoms with Crippen LogP contribution in [0.4, 0.5) is 5.69 Å². The average Bonchev–Trinajstić information content (AvgIpc) is 2.68. The SMILES string of the molecule is CCCCn1c(S[C@H](C)C(=O)Nc2ccccc2)nc2ccccc2c1=O. The van der Waals surface area contributed by atoms with Crippen LogP contribution < -0.4 is 10.9 Å². The maximum Gasteiger partial charge on any atom is 0.262 e. The van der Waals surface area contributed by atoms with Crippen molar-refractivity contribution in [2.75, 3.05) is 5.32 Å². The number of para-hydroxylation sites is 2. The standard InChI is InChI=1S/C21H23N3O2S/c1-3-4-14-24-20(26)17-12-8-9-13-18(17)23-21(24)27-15(2)19(25)22-16-10-6-5-7-11-16/h5-13,15H,3-4,14H2,1-2H3,(H,22,25)/t15-/m1/s1. The monoisotopic (exact) mass is 381 g/mol. The number of anilines is 1. The fourth-order valence-corrected chi connectivity index (χ4v) is 3.66. The highest BCUT2D eigenvalue weighted by atomic mass is 32.2. The second-order valence-electron chi connectivity index (χ2n) is 6.34. The molecule has 0 unspecified atom stereocenters. The second kappa shape index (κ2) is 8.86. The fourth-order valence-electron chi connectivity index (χ4n) is 2.73. The van der Waals surface area contributed by atoms with Gasteiger partial charge in [-0.2, -0.15) is 0 Å². The number of amides is 1. The van der Waals surface area contributed by atoms with Crippen molar-refractivity contribution < 1.29 is 4.79 Å². The number of thioether (sulfide) groups is 1. The van der Waals surface area contributed by atoms with E-state index >= 15 is 0 Å². The number of carbonyl (C=O) groups excluding carboxylic acids is 1. The zero-order valence-electron chi connectivity index (χ0n) is 15.5. The number of hydrogen-bond donors (Lipinski definition) is 1. The molecule has 2 aromatic carbocycles. The highest BCUT2D eigenvalue weighted by Crippen LogP contribution is 2.24. The Morgan fingerprint density at radius 2 is 1.85 bits per heavy atom. The van der Waals surface area contributed by atoms with Crippen LogP contribution in [0.1, 0.15) is 26.7 Å². The summed E-state index contributed by atoms with van der Waals surface area (Å²) in [6.07, 6.45) is 1.87. The molecule has 27 heavy (non-hydrogen) atoms. The van der Waals surface area contributed by atoms with Gasteiger partial charge < -0.3 is 5.32 Å². The highest BCUT2D eigenvalue weighted by molar-refractivity contribution is 8.00. The van der Waals surface area contributed by atoms with Gasteiger partial charge in [-0.15, -0.1) is 0 Å². The number of hydrogen-bond acceptors (Lipinski definition) is 4. The van der Waals surface area contributed by atoms with Crippen molar-refractivity contribution in [1.29, 1.82) is 0 Å². The molecule has 0 aliphatic carbocycles. The van der Waals surface area contributed by atoms with E-state index in [9.17, 15) is 9.59 Å². The van der Waals surface area contributed by atoms with Crippen LogP contribution in [0.15, 0.2) is 64.5 Å². The third kappa shape index (κ3) is 4.57. The van der Waals surface area contributed by atoms with Gasteiger partial charge in [0, 0.05) is 12.2 Å². The molecule has 0 aliphatic rings. The molecule has 3 aromatic rings. The molecule has 0 radical (unpaired) electrons. The summed E-state index contributed by atoms with van der Waals surface area (Å²) in [7, 11) is 0. The number of fused-ring (bicyclic) bond motifs is 1. The van der Waals surface area contributed by atoms with E-state index in [2.05, 4.69) is 17.2 Å². The van der Waals surface area contributed by atoms with Crippen molar-refractivity contribution in [3.63, 3.8) is 0 Å². The molecule has 1 heterocycles. The van der Waals surface area contributed by atoms with Gasteiger partial charge in [0.15, 0.2) is 5.16 Å². The van der Waals surface area contributed by atoms with Crippen molar-refractivity contribution in [3.8, 4) is 0 Å². The van der Waals surface area contributed by atoms with Crippen molar-refractivity contribution in [2.24, 2.45) is 0 Å². The molecule has 0 fully saturated rings. The van der Waals surface area contributed by atoms with E-state index in [1.165, 1.54) is 11.8 Å². The molecule has 3 rings (SSSR count). The first-order chi connectivity index (χ1) is 13.1. The number of unbranched alkanes of at least 4 members (excludes halogenated alkanes) is 1. The van der Waals surface area contributed by atoms with E-state index in [0.717, 1.165) is 18.5 Å². The highest BCUT2D eigenvalue weighted by Gasteiger charge is 2.19. The lowest BCUT2D eigenvalue weighted by molar-refractivity contribution is -0.115. The molecular weight excluding hydrogens is 358 g/mol. The van der Waals surface area contributed by atoms with Gasteiger partial charge in [0.2, 0.25) is 5.91 Å². The number of nitrogens with one attached hydrogen (secondary N) is 1. The van der Waals surface area contributed by atoms with Crippen molar-refractivity contribution >= 4 is 34.3 Å². The Labute approximate surface area is 162 Å². The summed E-state index contributed by atoms with van der Waals surface area (Å²) in [4.78, 5) is 30.1. The molecule has 0 bridgehead atoms. The third-order valence-corrected chi connectivity index (χ3v) is 5.34. The lowest BCUT2D eigenvalue weighted by Gasteiger charge is -2.16. The average molecular weight is 382 g/mol. The van der Waals surface area contributed by atoms with Gasteiger partial charge in [-0.1, -0.05) is 55.4 Å². The van der Waals surface area contributed by atoms with Crippen LogP contribution in [0.5, 0.6) is 0 Å². The Bertz CT molecular complexity index is 986. The Balaban J connectivity index is 1.88. The maximum atomic E-state index is 12.9. The zero-order valence-corrected chi connectivity index (χ0v) is 16.3. The van der Waals surface area contributed by atoms with Crippen molar-refractivity contribution in [3.05, 3.63) is 65.0 Å². The summed E-state index contributed by atoms with van der Waals surface area (Å²) in [6, 6.07) is 16.7. The molecule has 1 N–H and O–H groups in total. The maximum absolute atomic E-state index is 12.9. The molecule has 5 nitrogen and oxygen atoms in total. The molecule has 0 saturated carbocycles. The van der Waals surface area contributed by atoms with Crippen LogP contribution in [-0.2, 0) is 11.3 Å². The third-order valence-electron chi connectivity index (χ3n) is 4.25. The fraction of sp³-hybridized carbons (Fsp3) is 0.286. The molecular formula is C21H23N3O2S. The minimum Gasteiger partial charge on any atom is -0.325 e. The first-order valence-corrected chi connectivity index (χ1v) is 10.00. The molecule has 6 heteroatoms. The second-order valence-corrected chi connectivity index (χ2v) is 7.65. The largest absolute Gasteiger partial charge is 0.325 e. The van der Waals surface area contributed by atoms with Gasteiger partial charge >= 0.3 is 0 Å². The topological polar surface area (TPSA) is 64.0 Å². The minimum absolute atomic E-state index is 0.0489. The van der Waals surface area contributed by atoms with Gasteiger partial charge in [0.1, 0.15) is 0 Å². The van der Waals surface area contributed by atoms with Crippen LogP contribution >= 0.6 is 11.8 Å². The Morgan fingerprint density at radius 1 is 1.15 bits per heavy atom. The Hall–Kier alpha value is -2.60. The normalized spacial score (nSPS) is 12.1. The van der Waals surface area contributed by atoms with E-state index in [-0.39, 0.29) is 16.7 Å². The smallest absolute Gasteiger partial charge is 0.262 e. The van der Waals surface area contributed by atoms with E-state index in [4.69, 9.17) is 0 Å². The van der Waals surface area contributed by atoms with E-state index in [1.807, 2.05) is 55.5 Å². The van der Waals surface area contributed by atoms with Crippen molar-refractivity contribution in [1.82, 2.24) is 9.55 Å². The predicted molar refractivity (Wildman–Crippen MR) is 111 cm³/mol. The zero-order chi connectivity index (χ0) is 19.2. The number of benzene rings is 2. The Kier molecular flexibility index (Phi) is 6.29. The summed E-state index contributed by atoms with van der Waals surface area (Å²) in [5.74, 6) is -0.115. The van der Waals surface area contributed by atoms with E-state index in [1.54, 1.807) is 10.6 Å². The van der Waals surface area contributed by atoms with E-state index < -0.39 is 0 Å². The van der Waals surface area contributed by atoms with Gasteiger partial charge in [-0.3, -0.25) is 14.2 Å². The first-order valence-electron chi connectivity index (χ1n) is 9.12. The molecule has 0 aliphatic heterocycles. The molecule has 1 atom stereocenters. The van der Waals surface area contributed by atoms with Crippen LogP contribution in [0.2, 0.25) is 0 Å². The van der Waals surface area contributed by atoms with Crippen LogP contribution in [0, 0.1) is 0 Å². The van der Waals surface area contributed by atoms with E-state index in [0.29, 0.717) is 22.6 Å². The lowest BCUT2D eigenvalue weighted by atomic mass is 10.2. The number of carbonyl (C=O) groups is 1. The van der Waals surface area contributed by atoms with Crippen LogP contribution in [0.25, 0.3) is 10.9 Å². The molecule has 0 saturated heterocycles. The molecule has 0 spiro atoms. The first kappa shape index (κ1) is 19.2. The van der Waals surface area contributed by atoms with Crippen LogP contribution in [-0.4, -0.2) is 20.7 Å². The van der Waals surface area contributed by atoms with Crippen LogP contribution in [0.3, 0.4) is 0 Å².